The molecule has 0 aliphatic carbocycles. The average Bonchev–Trinajstić information content (AvgIpc) is 3.36. The van der Waals surface area contributed by atoms with Gasteiger partial charge in [0.15, 0.2) is 0 Å². The smallest absolute Gasteiger partial charge is 0.292 e. The molecule has 7 nitrogen and oxygen atoms in total. The van der Waals surface area contributed by atoms with Crippen LogP contribution in [0.25, 0.3) is 10.8 Å². The molecule has 1 atom stereocenters. The van der Waals surface area contributed by atoms with E-state index in [1.807, 2.05) is 17.5 Å². The molecule has 3 aromatic rings. The van der Waals surface area contributed by atoms with Gasteiger partial charge in [0.25, 0.3) is 11.8 Å². The van der Waals surface area contributed by atoms with Crippen molar-refractivity contribution in [2.45, 2.75) is 18.8 Å². The van der Waals surface area contributed by atoms with E-state index in [1.165, 1.54) is 6.20 Å². The minimum absolute atomic E-state index is 0.0526. The maximum Gasteiger partial charge on any atom is 0.292 e. The number of carbonyl (C=O) groups is 1. The van der Waals surface area contributed by atoms with Gasteiger partial charge in [0.1, 0.15) is 0 Å². The zero-order valence-electron chi connectivity index (χ0n) is 12.2. The van der Waals surface area contributed by atoms with Crippen molar-refractivity contribution in [3.8, 4) is 10.8 Å². The van der Waals surface area contributed by atoms with Gasteiger partial charge in [0.2, 0.25) is 11.7 Å². The molecule has 1 aliphatic heterocycles. The lowest BCUT2D eigenvalue weighted by Crippen LogP contribution is -2.39. The van der Waals surface area contributed by atoms with Crippen molar-refractivity contribution in [3.05, 3.63) is 41.4 Å². The van der Waals surface area contributed by atoms with E-state index in [9.17, 15) is 4.79 Å². The number of carbonyl (C=O) groups excluding carboxylic acids is 1. The third kappa shape index (κ3) is 2.77. The van der Waals surface area contributed by atoms with Gasteiger partial charge in [0, 0.05) is 19.2 Å². The molecule has 4 heterocycles. The number of aromatic nitrogens is 3. The summed E-state index contributed by atoms with van der Waals surface area (Å²) in [5.41, 5.74) is 0. The predicted octanol–water partition coefficient (Wildman–Crippen LogP) is 2.81. The normalized spacial score (nSPS) is 18.3. The van der Waals surface area contributed by atoms with E-state index in [-0.39, 0.29) is 17.6 Å². The Morgan fingerprint density at radius 3 is 3.09 bits per heavy atom. The third-order valence-electron chi connectivity index (χ3n) is 3.88. The van der Waals surface area contributed by atoms with E-state index >= 15 is 0 Å². The van der Waals surface area contributed by atoms with Crippen LogP contribution in [0.1, 0.15) is 35.2 Å². The Morgan fingerprint density at radius 2 is 2.30 bits per heavy atom. The summed E-state index contributed by atoms with van der Waals surface area (Å²) in [5, 5.41) is 13.8. The number of piperidine rings is 1. The van der Waals surface area contributed by atoms with Crippen LogP contribution >= 0.6 is 11.3 Å². The minimum Gasteiger partial charge on any atom is -0.420 e. The zero-order chi connectivity index (χ0) is 15.6. The van der Waals surface area contributed by atoms with Gasteiger partial charge in [-0.15, -0.1) is 21.5 Å². The molecule has 1 fully saturated rings. The van der Waals surface area contributed by atoms with E-state index in [1.54, 1.807) is 22.3 Å². The summed E-state index contributed by atoms with van der Waals surface area (Å²) < 4.78 is 10.8. The van der Waals surface area contributed by atoms with Crippen molar-refractivity contribution < 1.29 is 13.7 Å². The van der Waals surface area contributed by atoms with Gasteiger partial charge in [-0.05, 0) is 24.3 Å². The molecule has 1 unspecified atom stereocenters. The molecule has 23 heavy (non-hydrogen) atoms. The first-order chi connectivity index (χ1) is 11.3. The van der Waals surface area contributed by atoms with Crippen LogP contribution < -0.4 is 0 Å². The molecule has 4 rings (SSSR count). The fourth-order valence-electron chi connectivity index (χ4n) is 2.74. The van der Waals surface area contributed by atoms with Crippen LogP contribution in [-0.4, -0.2) is 39.3 Å². The van der Waals surface area contributed by atoms with Crippen LogP contribution in [0.2, 0.25) is 0 Å². The topological polar surface area (TPSA) is 85.3 Å². The van der Waals surface area contributed by atoms with E-state index in [4.69, 9.17) is 8.94 Å². The SMILES string of the molecule is O=C(c1ccno1)N1CCCC(c2nnc(-c3cccs3)o2)C1. The van der Waals surface area contributed by atoms with E-state index < -0.39 is 0 Å². The fraction of sp³-hybridized carbons (Fsp3) is 0.333. The Morgan fingerprint density at radius 1 is 1.35 bits per heavy atom. The van der Waals surface area contributed by atoms with E-state index in [2.05, 4.69) is 15.4 Å². The highest BCUT2D eigenvalue weighted by Gasteiger charge is 2.30. The summed E-state index contributed by atoms with van der Waals surface area (Å²) >= 11 is 1.56. The summed E-state index contributed by atoms with van der Waals surface area (Å²) in [6, 6.07) is 5.47. The average molecular weight is 330 g/mol. The van der Waals surface area contributed by atoms with Gasteiger partial charge >= 0.3 is 0 Å². The van der Waals surface area contributed by atoms with Crippen molar-refractivity contribution in [2.24, 2.45) is 0 Å². The predicted molar refractivity (Wildman–Crippen MR) is 82.0 cm³/mol. The first-order valence-corrected chi connectivity index (χ1v) is 8.26. The van der Waals surface area contributed by atoms with Crippen LogP contribution in [0.15, 0.2) is 38.7 Å². The van der Waals surface area contributed by atoms with Gasteiger partial charge in [-0.1, -0.05) is 11.2 Å². The highest BCUT2D eigenvalue weighted by atomic mass is 32.1. The van der Waals surface area contributed by atoms with Crippen molar-refractivity contribution in [1.82, 2.24) is 20.3 Å². The first kappa shape index (κ1) is 14.1. The molecule has 0 bridgehead atoms. The summed E-state index contributed by atoms with van der Waals surface area (Å²) in [6.07, 6.45) is 3.29. The number of rotatable bonds is 3. The van der Waals surface area contributed by atoms with Crippen molar-refractivity contribution >= 4 is 17.2 Å². The van der Waals surface area contributed by atoms with Crippen molar-refractivity contribution in [1.29, 1.82) is 0 Å². The Kier molecular flexibility index (Phi) is 3.66. The Balaban J connectivity index is 1.50. The molecule has 0 saturated carbocycles. The largest absolute Gasteiger partial charge is 0.420 e. The Hall–Kier alpha value is -2.48. The second-order valence-electron chi connectivity index (χ2n) is 5.39. The molecular weight excluding hydrogens is 316 g/mol. The fourth-order valence-corrected chi connectivity index (χ4v) is 3.39. The number of amides is 1. The van der Waals surface area contributed by atoms with E-state index in [0.29, 0.717) is 24.9 Å². The van der Waals surface area contributed by atoms with Gasteiger partial charge in [-0.3, -0.25) is 4.79 Å². The second kappa shape index (κ2) is 5.96. The van der Waals surface area contributed by atoms with Gasteiger partial charge < -0.3 is 13.8 Å². The van der Waals surface area contributed by atoms with Gasteiger partial charge in [-0.2, -0.15) is 0 Å². The summed E-state index contributed by atoms with van der Waals surface area (Å²) in [6.45, 7) is 1.24. The molecule has 1 aliphatic rings. The number of nitrogens with zero attached hydrogens (tertiary/aromatic N) is 4. The molecule has 118 valence electrons. The molecule has 8 heteroatoms. The number of hydrogen-bond donors (Lipinski definition) is 0. The molecule has 0 N–H and O–H groups in total. The minimum atomic E-state index is -0.148. The maximum atomic E-state index is 12.4. The van der Waals surface area contributed by atoms with E-state index in [0.717, 1.165) is 17.7 Å². The number of likely N-dealkylation sites (tertiary alicyclic amines) is 1. The molecule has 1 saturated heterocycles. The molecule has 0 spiro atoms. The van der Waals surface area contributed by atoms with Crippen molar-refractivity contribution in [3.63, 3.8) is 0 Å². The van der Waals surface area contributed by atoms with Crippen LogP contribution in [0, 0.1) is 0 Å². The molecular formula is C15H14N4O3S. The highest BCUT2D eigenvalue weighted by Crippen LogP contribution is 2.30. The molecule has 3 aromatic heterocycles. The second-order valence-corrected chi connectivity index (χ2v) is 6.34. The van der Waals surface area contributed by atoms with Crippen LogP contribution in [-0.2, 0) is 0 Å². The lowest BCUT2D eigenvalue weighted by Gasteiger charge is -2.30. The molecule has 1 amide bonds. The summed E-state index contributed by atoms with van der Waals surface area (Å²) in [7, 11) is 0. The third-order valence-corrected chi connectivity index (χ3v) is 4.74. The lowest BCUT2D eigenvalue weighted by atomic mass is 9.98. The summed E-state index contributed by atoms with van der Waals surface area (Å²) in [4.78, 5) is 15.1. The van der Waals surface area contributed by atoms with Crippen LogP contribution in [0.5, 0.6) is 0 Å². The Labute approximate surface area is 135 Å². The monoisotopic (exact) mass is 330 g/mol. The summed E-state index contributed by atoms with van der Waals surface area (Å²) in [5.74, 6) is 1.29. The lowest BCUT2D eigenvalue weighted by molar-refractivity contribution is 0.0656. The molecule has 0 radical (unpaired) electrons. The first-order valence-electron chi connectivity index (χ1n) is 7.38. The highest BCUT2D eigenvalue weighted by molar-refractivity contribution is 7.13. The Bertz CT molecular complexity index is 782. The number of hydrogen-bond acceptors (Lipinski definition) is 7. The standard InChI is InChI=1S/C15H14N4O3S/c20-15(11-5-6-16-22-11)19-7-1-3-10(9-19)13-17-18-14(21-13)12-4-2-8-23-12/h2,4-6,8,10H,1,3,7,9H2. The quantitative estimate of drug-likeness (QED) is 0.734. The van der Waals surface area contributed by atoms with Gasteiger partial charge in [0.05, 0.1) is 17.0 Å². The van der Waals surface area contributed by atoms with Gasteiger partial charge in [-0.25, -0.2) is 0 Å². The molecule has 0 aromatic carbocycles. The van der Waals surface area contributed by atoms with Crippen LogP contribution in [0.3, 0.4) is 0 Å². The van der Waals surface area contributed by atoms with Crippen LogP contribution in [0.4, 0.5) is 0 Å². The van der Waals surface area contributed by atoms with Crippen molar-refractivity contribution in [2.75, 3.05) is 13.1 Å². The maximum absolute atomic E-state index is 12.4. The zero-order valence-corrected chi connectivity index (χ0v) is 13.0. The number of thiophene rings is 1.